The van der Waals surface area contributed by atoms with Crippen LogP contribution in [0.1, 0.15) is 11.1 Å². The van der Waals surface area contributed by atoms with Gasteiger partial charge in [-0.3, -0.25) is 0 Å². The van der Waals surface area contributed by atoms with Gasteiger partial charge in [-0.15, -0.1) is 0 Å². The summed E-state index contributed by atoms with van der Waals surface area (Å²) in [4.78, 5) is 11.6. The molecule has 5 heteroatoms. The number of benzene rings is 2. The summed E-state index contributed by atoms with van der Waals surface area (Å²) in [7, 11) is 0. The molecule has 0 saturated heterocycles. The van der Waals surface area contributed by atoms with E-state index in [1.165, 1.54) is 6.07 Å². The number of rotatable bonds is 2. The minimum absolute atomic E-state index is 0.0428. The second kappa shape index (κ2) is 4.30. The lowest BCUT2D eigenvalue weighted by Crippen LogP contribution is -2.40. The van der Waals surface area contributed by atoms with E-state index in [0.717, 1.165) is 6.07 Å². The second-order valence-corrected chi connectivity index (χ2v) is 4.63. The maximum Gasteiger partial charge on any atom is 0.353 e. The van der Waals surface area contributed by atoms with Gasteiger partial charge in [-0.1, -0.05) is 36.4 Å². The number of carboxylic acids is 1. The molecule has 0 radical (unpaired) electrons. The van der Waals surface area contributed by atoms with Gasteiger partial charge < -0.3 is 9.84 Å². The molecular formula is C15H10F2O3. The Hall–Kier alpha value is -2.43. The van der Waals surface area contributed by atoms with Crippen molar-refractivity contribution < 1.29 is 23.4 Å². The van der Waals surface area contributed by atoms with Crippen LogP contribution in [0.25, 0.3) is 0 Å². The van der Waals surface area contributed by atoms with E-state index in [2.05, 4.69) is 0 Å². The molecule has 0 spiro atoms. The Morgan fingerprint density at radius 2 is 1.85 bits per heavy atom. The molecule has 1 atom stereocenters. The van der Waals surface area contributed by atoms with Crippen molar-refractivity contribution >= 4 is 5.97 Å². The van der Waals surface area contributed by atoms with Gasteiger partial charge in [0, 0.05) is 17.5 Å². The molecule has 1 N–H and O–H groups in total. The smallest absolute Gasteiger partial charge is 0.353 e. The van der Waals surface area contributed by atoms with Crippen molar-refractivity contribution in [1.82, 2.24) is 0 Å². The first-order valence-electron chi connectivity index (χ1n) is 5.99. The zero-order valence-corrected chi connectivity index (χ0v) is 10.3. The summed E-state index contributed by atoms with van der Waals surface area (Å²) >= 11 is 0. The van der Waals surface area contributed by atoms with Gasteiger partial charge in [-0.25, -0.2) is 9.18 Å². The van der Waals surface area contributed by atoms with Gasteiger partial charge in [0.1, 0.15) is 0 Å². The Bertz CT molecular complexity index is 685. The Morgan fingerprint density at radius 1 is 1.15 bits per heavy atom. The minimum Gasteiger partial charge on any atom is -0.478 e. The lowest BCUT2D eigenvalue weighted by atomic mass is 9.89. The van der Waals surface area contributed by atoms with Crippen LogP contribution in [0.5, 0.6) is 5.75 Å². The van der Waals surface area contributed by atoms with Crippen LogP contribution in [-0.4, -0.2) is 11.1 Å². The van der Waals surface area contributed by atoms with Gasteiger partial charge in [-0.2, -0.15) is 4.39 Å². The van der Waals surface area contributed by atoms with Crippen molar-refractivity contribution in [3.63, 3.8) is 0 Å². The largest absolute Gasteiger partial charge is 0.478 e. The number of carboxylic acid groups (broad SMARTS) is 1. The van der Waals surface area contributed by atoms with Crippen molar-refractivity contribution in [1.29, 1.82) is 0 Å². The monoisotopic (exact) mass is 276 g/mol. The van der Waals surface area contributed by atoms with Gasteiger partial charge in [-0.05, 0) is 6.07 Å². The van der Waals surface area contributed by atoms with Crippen molar-refractivity contribution in [3.05, 3.63) is 65.2 Å². The first-order valence-corrected chi connectivity index (χ1v) is 5.99. The Kier molecular flexibility index (Phi) is 2.71. The number of hydrogen-bond acceptors (Lipinski definition) is 2. The Balaban J connectivity index is 2.14. The van der Waals surface area contributed by atoms with E-state index in [1.54, 1.807) is 30.3 Å². The van der Waals surface area contributed by atoms with E-state index in [1.807, 2.05) is 0 Å². The quantitative estimate of drug-likeness (QED) is 0.917. The second-order valence-electron chi connectivity index (χ2n) is 4.63. The van der Waals surface area contributed by atoms with E-state index < -0.39 is 23.2 Å². The molecule has 0 saturated carbocycles. The van der Waals surface area contributed by atoms with E-state index in [4.69, 9.17) is 4.74 Å². The van der Waals surface area contributed by atoms with Crippen molar-refractivity contribution in [2.75, 3.05) is 0 Å². The molecule has 1 aliphatic heterocycles. The average Bonchev–Trinajstić information content (AvgIpc) is 2.86. The molecule has 1 heterocycles. The molecule has 1 aliphatic rings. The predicted octanol–water partition coefficient (Wildman–Crippen LogP) is 2.88. The van der Waals surface area contributed by atoms with Crippen LogP contribution in [0.2, 0.25) is 0 Å². The third-order valence-electron chi connectivity index (χ3n) is 3.43. The fourth-order valence-electron chi connectivity index (χ4n) is 2.41. The van der Waals surface area contributed by atoms with Crippen LogP contribution >= 0.6 is 0 Å². The third-order valence-corrected chi connectivity index (χ3v) is 3.43. The molecule has 2 aromatic carbocycles. The highest BCUT2D eigenvalue weighted by Gasteiger charge is 2.49. The van der Waals surface area contributed by atoms with Crippen LogP contribution in [0, 0.1) is 11.6 Å². The SMILES string of the molecule is O=C(O)C1(c2ccccc2)Cc2ccc(F)c(F)c2O1. The molecule has 1 unspecified atom stereocenters. The molecule has 0 bridgehead atoms. The summed E-state index contributed by atoms with van der Waals surface area (Å²) < 4.78 is 32.3. The van der Waals surface area contributed by atoms with E-state index >= 15 is 0 Å². The fourth-order valence-corrected chi connectivity index (χ4v) is 2.41. The van der Waals surface area contributed by atoms with Crippen LogP contribution in [0.15, 0.2) is 42.5 Å². The van der Waals surface area contributed by atoms with Gasteiger partial charge >= 0.3 is 5.97 Å². The summed E-state index contributed by atoms with van der Waals surface area (Å²) in [5.41, 5.74) is -0.975. The molecule has 0 aliphatic carbocycles. The summed E-state index contributed by atoms with van der Waals surface area (Å²) in [6.45, 7) is 0. The maximum absolute atomic E-state index is 13.7. The summed E-state index contributed by atoms with van der Waals surface area (Å²) in [6.07, 6.45) is -0.0428. The normalized spacial score (nSPS) is 20.3. The molecule has 0 aromatic heterocycles. The first kappa shape index (κ1) is 12.6. The van der Waals surface area contributed by atoms with Crippen LogP contribution in [-0.2, 0) is 16.8 Å². The predicted molar refractivity (Wildman–Crippen MR) is 66.4 cm³/mol. The molecule has 3 rings (SSSR count). The highest BCUT2D eigenvalue weighted by atomic mass is 19.2. The summed E-state index contributed by atoms with van der Waals surface area (Å²) in [5, 5.41) is 9.51. The highest BCUT2D eigenvalue weighted by molar-refractivity contribution is 5.82. The zero-order chi connectivity index (χ0) is 14.3. The molecule has 102 valence electrons. The zero-order valence-electron chi connectivity index (χ0n) is 10.3. The Morgan fingerprint density at radius 3 is 2.50 bits per heavy atom. The lowest BCUT2D eigenvalue weighted by Gasteiger charge is -2.24. The highest BCUT2D eigenvalue weighted by Crippen LogP contribution is 2.43. The van der Waals surface area contributed by atoms with E-state index in [-0.39, 0.29) is 12.2 Å². The van der Waals surface area contributed by atoms with Crippen LogP contribution < -0.4 is 4.74 Å². The maximum atomic E-state index is 13.7. The Labute approximate surface area is 113 Å². The molecule has 2 aromatic rings. The fraction of sp³-hybridized carbons (Fsp3) is 0.133. The molecule has 20 heavy (non-hydrogen) atoms. The number of ether oxygens (including phenoxy) is 1. The van der Waals surface area contributed by atoms with Crippen LogP contribution in [0.3, 0.4) is 0 Å². The minimum atomic E-state index is -1.71. The van der Waals surface area contributed by atoms with Gasteiger partial charge in [0.2, 0.25) is 11.4 Å². The number of fused-ring (bicyclic) bond motifs is 1. The number of aliphatic carboxylic acids is 1. The van der Waals surface area contributed by atoms with Crippen molar-refractivity contribution in [2.24, 2.45) is 0 Å². The van der Waals surface area contributed by atoms with Crippen LogP contribution in [0.4, 0.5) is 8.78 Å². The third kappa shape index (κ3) is 1.66. The van der Waals surface area contributed by atoms with Gasteiger partial charge in [0.05, 0.1) is 0 Å². The average molecular weight is 276 g/mol. The number of carbonyl (C=O) groups is 1. The summed E-state index contributed by atoms with van der Waals surface area (Å²) in [6, 6.07) is 10.6. The molecule has 3 nitrogen and oxygen atoms in total. The van der Waals surface area contributed by atoms with Crippen molar-refractivity contribution in [2.45, 2.75) is 12.0 Å². The van der Waals surface area contributed by atoms with E-state index in [0.29, 0.717) is 11.1 Å². The standard InChI is InChI=1S/C15H10F2O3/c16-11-7-6-9-8-15(14(18)19,20-13(9)12(11)17)10-4-2-1-3-5-10/h1-7H,8H2,(H,18,19). The van der Waals surface area contributed by atoms with Gasteiger partial charge in [0.15, 0.2) is 11.6 Å². The van der Waals surface area contributed by atoms with Crippen molar-refractivity contribution in [3.8, 4) is 5.75 Å². The number of halogens is 2. The first-order chi connectivity index (χ1) is 9.54. The van der Waals surface area contributed by atoms with Gasteiger partial charge in [0.25, 0.3) is 0 Å². The number of hydrogen-bond donors (Lipinski definition) is 1. The summed E-state index contributed by atoms with van der Waals surface area (Å²) in [5.74, 6) is -3.77. The molecule has 0 amide bonds. The van der Waals surface area contributed by atoms with E-state index in [9.17, 15) is 18.7 Å². The molecular weight excluding hydrogens is 266 g/mol. The molecule has 0 fully saturated rings. The topological polar surface area (TPSA) is 46.5 Å². The lowest BCUT2D eigenvalue weighted by molar-refractivity contribution is -0.154.